The van der Waals surface area contributed by atoms with E-state index in [1.165, 1.54) is 6.42 Å². The van der Waals surface area contributed by atoms with Gasteiger partial charge >= 0.3 is 0 Å². The Hall–Kier alpha value is -1.40. The molecule has 21 heavy (non-hydrogen) atoms. The van der Waals surface area contributed by atoms with Crippen LogP contribution in [0.3, 0.4) is 0 Å². The van der Waals surface area contributed by atoms with Crippen LogP contribution >= 0.6 is 11.3 Å². The van der Waals surface area contributed by atoms with Gasteiger partial charge in [-0.15, -0.1) is 11.3 Å². The maximum atomic E-state index is 11.5. The van der Waals surface area contributed by atoms with Gasteiger partial charge in [-0.3, -0.25) is 9.20 Å². The summed E-state index contributed by atoms with van der Waals surface area (Å²) >= 11 is 1.54. The molecular formula is C15H19N3O2S. The van der Waals surface area contributed by atoms with Gasteiger partial charge in [-0.25, -0.2) is 4.98 Å². The summed E-state index contributed by atoms with van der Waals surface area (Å²) in [5.41, 5.74) is 0.139. The normalized spacial score (nSPS) is 29.6. The topological polar surface area (TPSA) is 57.8 Å². The first-order valence-electron chi connectivity index (χ1n) is 7.59. The summed E-state index contributed by atoms with van der Waals surface area (Å²) < 4.78 is 1.86. The highest BCUT2D eigenvalue weighted by molar-refractivity contribution is 7.15. The van der Waals surface area contributed by atoms with Crippen molar-refractivity contribution in [3.8, 4) is 0 Å². The lowest BCUT2D eigenvalue weighted by Crippen LogP contribution is -2.53. The zero-order chi connectivity index (χ0) is 14.4. The molecular weight excluding hydrogens is 286 g/mol. The minimum atomic E-state index is -0.493. The van der Waals surface area contributed by atoms with E-state index in [0.717, 1.165) is 55.8 Å². The number of anilines is 1. The molecule has 0 spiro atoms. The summed E-state index contributed by atoms with van der Waals surface area (Å²) in [4.78, 5) is 19.1. The van der Waals surface area contributed by atoms with Gasteiger partial charge in [0.25, 0.3) is 0 Å². The molecule has 112 valence electrons. The summed E-state index contributed by atoms with van der Waals surface area (Å²) in [5.74, 6) is 1.09. The molecule has 1 aliphatic heterocycles. The van der Waals surface area contributed by atoms with E-state index in [-0.39, 0.29) is 0 Å². The van der Waals surface area contributed by atoms with Crippen LogP contribution in [0.4, 0.5) is 5.82 Å². The van der Waals surface area contributed by atoms with Crippen molar-refractivity contribution in [1.82, 2.24) is 9.38 Å². The largest absolute Gasteiger partial charge is 0.389 e. The van der Waals surface area contributed by atoms with Crippen LogP contribution in [-0.4, -0.2) is 39.5 Å². The second kappa shape index (κ2) is 4.81. The highest BCUT2D eigenvalue weighted by atomic mass is 32.1. The average Bonchev–Trinajstić information content (AvgIpc) is 3.06. The Bertz CT molecular complexity index is 680. The SMILES string of the molecule is O=Cc1c(N2CCC3(O)CCCCC3C2)nc2sccn12. The maximum absolute atomic E-state index is 11.5. The van der Waals surface area contributed by atoms with Gasteiger partial charge in [0.05, 0.1) is 5.60 Å². The summed E-state index contributed by atoms with van der Waals surface area (Å²) in [6.45, 7) is 1.58. The van der Waals surface area contributed by atoms with Gasteiger partial charge in [0, 0.05) is 30.6 Å². The fraction of sp³-hybridized carbons (Fsp3) is 0.600. The third-order valence-corrected chi connectivity index (χ3v) is 5.88. The lowest BCUT2D eigenvalue weighted by atomic mass is 9.71. The number of hydrogen-bond donors (Lipinski definition) is 1. The van der Waals surface area contributed by atoms with Crippen molar-refractivity contribution in [2.24, 2.45) is 5.92 Å². The van der Waals surface area contributed by atoms with Gasteiger partial charge in [0.15, 0.2) is 17.1 Å². The monoisotopic (exact) mass is 305 g/mol. The standard InChI is InChI=1S/C15H19N3O2S/c19-10-12-13(16-14-18(12)7-8-21-14)17-6-5-15(20)4-2-1-3-11(15)9-17/h7-8,10-11,20H,1-6,9H2. The van der Waals surface area contributed by atoms with E-state index in [0.29, 0.717) is 11.6 Å². The maximum Gasteiger partial charge on any atom is 0.196 e. The lowest BCUT2D eigenvalue weighted by molar-refractivity contribution is -0.0613. The van der Waals surface area contributed by atoms with Gasteiger partial charge in [-0.05, 0) is 19.3 Å². The van der Waals surface area contributed by atoms with E-state index in [2.05, 4.69) is 9.88 Å². The van der Waals surface area contributed by atoms with E-state index >= 15 is 0 Å². The van der Waals surface area contributed by atoms with Crippen molar-refractivity contribution in [3.63, 3.8) is 0 Å². The zero-order valence-electron chi connectivity index (χ0n) is 11.9. The lowest BCUT2D eigenvalue weighted by Gasteiger charge is -2.47. The first kappa shape index (κ1) is 13.3. The zero-order valence-corrected chi connectivity index (χ0v) is 12.7. The predicted octanol–water partition coefficient (Wildman–Crippen LogP) is 2.34. The molecule has 4 rings (SSSR count). The molecule has 1 aliphatic carbocycles. The number of aromatic nitrogens is 2. The molecule has 2 atom stereocenters. The van der Waals surface area contributed by atoms with E-state index in [1.54, 1.807) is 11.3 Å². The first-order valence-corrected chi connectivity index (χ1v) is 8.47. The smallest absolute Gasteiger partial charge is 0.196 e. The minimum Gasteiger partial charge on any atom is -0.389 e. The fourth-order valence-electron chi connectivity index (χ4n) is 3.90. The van der Waals surface area contributed by atoms with Crippen molar-refractivity contribution in [2.45, 2.75) is 37.7 Å². The molecule has 2 aromatic rings. The minimum absolute atomic E-state index is 0.305. The van der Waals surface area contributed by atoms with Crippen molar-refractivity contribution in [3.05, 3.63) is 17.3 Å². The Kier molecular flexibility index (Phi) is 3.04. The van der Waals surface area contributed by atoms with Gasteiger partial charge in [-0.2, -0.15) is 0 Å². The molecule has 2 aromatic heterocycles. The number of hydrogen-bond acceptors (Lipinski definition) is 5. The van der Waals surface area contributed by atoms with Gasteiger partial charge in [-0.1, -0.05) is 12.8 Å². The Morgan fingerprint density at radius 2 is 2.33 bits per heavy atom. The van der Waals surface area contributed by atoms with Gasteiger partial charge < -0.3 is 10.0 Å². The van der Waals surface area contributed by atoms with E-state index in [9.17, 15) is 9.90 Å². The van der Waals surface area contributed by atoms with Gasteiger partial charge in [0.2, 0.25) is 0 Å². The third kappa shape index (κ3) is 2.00. The highest BCUT2D eigenvalue weighted by Crippen LogP contribution is 2.41. The third-order valence-electron chi connectivity index (χ3n) is 5.12. The van der Waals surface area contributed by atoms with Crippen LogP contribution in [0.5, 0.6) is 0 Å². The van der Waals surface area contributed by atoms with Crippen LogP contribution in [-0.2, 0) is 0 Å². The molecule has 1 N–H and O–H groups in total. The molecule has 5 nitrogen and oxygen atoms in total. The number of rotatable bonds is 2. The number of imidazole rings is 1. The fourth-order valence-corrected chi connectivity index (χ4v) is 4.61. The summed E-state index contributed by atoms with van der Waals surface area (Å²) in [5, 5.41) is 12.7. The quantitative estimate of drug-likeness (QED) is 0.865. The predicted molar refractivity (Wildman–Crippen MR) is 82.2 cm³/mol. The molecule has 1 saturated heterocycles. The van der Waals surface area contributed by atoms with Crippen LogP contribution in [0, 0.1) is 5.92 Å². The molecule has 1 saturated carbocycles. The molecule has 3 heterocycles. The van der Waals surface area contributed by atoms with Crippen LogP contribution < -0.4 is 4.90 Å². The molecule has 0 aromatic carbocycles. The molecule has 0 bridgehead atoms. The molecule has 2 unspecified atom stereocenters. The van der Waals surface area contributed by atoms with Crippen molar-refractivity contribution < 1.29 is 9.90 Å². The Morgan fingerprint density at radius 3 is 3.19 bits per heavy atom. The van der Waals surface area contributed by atoms with Crippen LogP contribution in [0.2, 0.25) is 0 Å². The van der Waals surface area contributed by atoms with E-state index in [1.807, 2.05) is 16.0 Å². The number of fused-ring (bicyclic) bond motifs is 2. The van der Waals surface area contributed by atoms with Crippen LogP contribution in [0.1, 0.15) is 42.6 Å². The Morgan fingerprint density at radius 1 is 1.43 bits per heavy atom. The van der Waals surface area contributed by atoms with Crippen LogP contribution in [0.15, 0.2) is 11.6 Å². The molecule has 2 fully saturated rings. The van der Waals surface area contributed by atoms with E-state index < -0.39 is 5.60 Å². The van der Waals surface area contributed by atoms with E-state index in [4.69, 9.17) is 0 Å². The second-order valence-electron chi connectivity index (χ2n) is 6.24. The molecule has 2 aliphatic rings. The summed E-state index contributed by atoms with van der Waals surface area (Å²) in [6, 6.07) is 0. The second-order valence-corrected chi connectivity index (χ2v) is 7.11. The Balaban J connectivity index is 1.67. The highest BCUT2D eigenvalue weighted by Gasteiger charge is 2.43. The van der Waals surface area contributed by atoms with Crippen molar-refractivity contribution in [1.29, 1.82) is 0 Å². The summed E-state index contributed by atoms with van der Waals surface area (Å²) in [6.07, 6.45) is 7.88. The molecule has 0 radical (unpaired) electrons. The number of aliphatic hydroxyl groups is 1. The Labute approximate surface area is 127 Å². The first-order chi connectivity index (χ1) is 10.2. The average molecular weight is 305 g/mol. The van der Waals surface area contributed by atoms with Crippen molar-refractivity contribution in [2.75, 3.05) is 18.0 Å². The number of piperidine rings is 1. The van der Waals surface area contributed by atoms with Crippen molar-refractivity contribution >= 4 is 28.4 Å². The number of carbonyl (C=O) groups excluding carboxylic acids is 1. The number of thiazole rings is 1. The number of nitrogens with zero attached hydrogens (tertiary/aromatic N) is 3. The number of aldehydes is 1. The number of carbonyl (C=O) groups is 1. The molecule has 0 amide bonds. The molecule has 6 heteroatoms. The summed E-state index contributed by atoms with van der Waals surface area (Å²) in [7, 11) is 0. The van der Waals surface area contributed by atoms with Crippen LogP contribution in [0.25, 0.3) is 4.96 Å². The van der Waals surface area contributed by atoms with Gasteiger partial charge in [0.1, 0.15) is 5.69 Å².